The molecule has 2 unspecified atom stereocenters. The van der Waals surface area contributed by atoms with Gasteiger partial charge in [0.15, 0.2) is 5.82 Å². The second-order valence-corrected chi connectivity index (χ2v) is 6.56. The lowest BCUT2D eigenvalue weighted by atomic mass is 9.95. The Kier molecular flexibility index (Phi) is 3.28. The van der Waals surface area contributed by atoms with Crippen molar-refractivity contribution < 1.29 is 0 Å². The molecule has 0 saturated carbocycles. The molecule has 19 heavy (non-hydrogen) atoms. The maximum atomic E-state index is 6.12. The number of nitrogens with two attached hydrogens (primary N) is 1. The number of hydrogen-bond acceptors (Lipinski definition) is 5. The van der Waals surface area contributed by atoms with E-state index in [0.29, 0.717) is 5.92 Å². The van der Waals surface area contributed by atoms with Gasteiger partial charge in [0.25, 0.3) is 0 Å². The van der Waals surface area contributed by atoms with Gasteiger partial charge >= 0.3 is 0 Å². The van der Waals surface area contributed by atoms with E-state index in [0.717, 1.165) is 36.2 Å². The second kappa shape index (κ2) is 4.94. The molecule has 0 radical (unpaired) electrons. The number of H-pyrrole nitrogens is 1. The third-order valence-electron chi connectivity index (χ3n) is 3.75. The number of aryl methyl sites for hydroxylation is 1. The average molecular weight is 277 g/mol. The lowest BCUT2D eigenvalue weighted by Crippen LogP contribution is -2.48. The summed E-state index contributed by atoms with van der Waals surface area (Å²) in [5.74, 6) is 2.19. The third kappa shape index (κ3) is 2.50. The maximum absolute atomic E-state index is 6.12. The molecule has 1 saturated heterocycles. The molecule has 1 fully saturated rings. The van der Waals surface area contributed by atoms with E-state index >= 15 is 0 Å². The number of thiophene rings is 1. The minimum absolute atomic E-state index is 0.208. The summed E-state index contributed by atoms with van der Waals surface area (Å²) in [4.78, 5) is 9.17. The zero-order valence-electron chi connectivity index (χ0n) is 11.3. The highest BCUT2D eigenvalue weighted by atomic mass is 32.1. The number of anilines is 1. The van der Waals surface area contributed by atoms with E-state index < -0.39 is 0 Å². The van der Waals surface area contributed by atoms with Crippen molar-refractivity contribution >= 4 is 17.3 Å². The molecule has 0 bridgehead atoms. The van der Waals surface area contributed by atoms with Crippen LogP contribution in [0.4, 0.5) is 5.95 Å². The molecule has 3 rings (SSSR count). The summed E-state index contributed by atoms with van der Waals surface area (Å²) < 4.78 is 0. The molecule has 102 valence electrons. The molecule has 1 aliphatic heterocycles. The smallest absolute Gasteiger partial charge is 0.245 e. The zero-order valence-corrected chi connectivity index (χ0v) is 12.1. The summed E-state index contributed by atoms with van der Waals surface area (Å²) in [6, 6.07) is 4.38. The molecule has 5 nitrogen and oxygen atoms in total. The van der Waals surface area contributed by atoms with Gasteiger partial charge in [0, 0.05) is 24.0 Å². The van der Waals surface area contributed by atoms with Crippen LogP contribution >= 0.6 is 11.3 Å². The molecule has 3 heterocycles. The van der Waals surface area contributed by atoms with E-state index in [9.17, 15) is 0 Å². The molecule has 0 aromatic carbocycles. The molecule has 0 spiro atoms. The molecular formula is C13H19N5S. The first-order valence-electron chi connectivity index (χ1n) is 6.63. The Balaban J connectivity index is 1.78. The van der Waals surface area contributed by atoms with Crippen LogP contribution in [0.5, 0.6) is 0 Å². The lowest BCUT2D eigenvalue weighted by molar-refractivity contribution is 0.376. The summed E-state index contributed by atoms with van der Waals surface area (Å²) >= 11 is 1.72. The largest absolute Gasteiger partial charge is 0.338 e. The van der Waals surface area contributed by atoms with Crippen LogP contribution < -0.4 is 10.6 Å². The highest BCUT2D eigenvalue weighted by Gasteiger charge is 2.25. The normalized spacial score (nSPS) is 23.8. The van der Waals surface area contributed by atoms with Crippen LogP contribution in [0.3, 0.4) is 0 Å². The SMILES string of the molecule is Cc1ccc(-c2nc(N3CCC(C)C(N)C3)n[nH]2)s1. The monoisotopic (exact) mass is 277 g/mol. The van der Waals surface area contributed by atoms with Crippen molar-refractivity contribution in [2.45, 2.75) is 26.3 Å². The molecule has 6 heteroatoms. The van der Waals surface area contributed by atoms with Gasteiger partial charge in [-0.05, 0) is 31.4 Å². The highest BCUT2D eigenvalue weighted by Crippen LogP contribution is 2.26. The molecule has 2 aromatic heterocycles. The number of aromatic amines is 1. The topological polar surface area (TPSA) is 70.8 Å². The molecular weight excluding hydrogens is 258 g/mol. The van der Waals surface area contributed by atoms with E-state index in [1.165, 1.54) is 4.88 Å². The molecule has 1 aliphatic rings. The minimum atomic E-state index is 0.208. The van der Waals surface area contributed by atoms with Crippen molar-refractivity contribution in [3.63, 3.8) is 0 Å². The Morgan fingerprint density at radius 3 is 3.00 bits per heavy atom. The van der Waals surface area contributed by atoms with Crippen LogP contribution in [0.1, 0.15) is 18.2 Å². The fourth-order valence-electron chi connectivity index (χ4n) is 2.35. The summed E-state index contributed by atoms with van der Waals surface area (Å²) in [7, 11) is 0. The first-order chi connectivity index (χ1) is 9.13. The first kappa shape index (κ1) is 12.6. The minimum Gasteiger partial charge on any atom is -0.338 e. The Hall–Kier alpha value is -1.40. The number of rotatable bonds is 2. The number of hydrogen-bond donors (Lipinski definition) is 2. The molecule has 2 atom stereocenters. The highest BCUT2D eigenvalue weighted by molar-refractivity contribution is 7.15. The van der Waals surface area contributed by atoms with Gasteiger partial charge in [0.05, 0.1) is 4.88 Å². The number of aromatic nitrogens is 3. The van der Waals surface area contributed by atoms with Gasteiger partial charge < -0.3 is 10.6 Å². The predicted molar refractivity (Wildman–Crippen MR) is 78.4 cm³/mol. The number of nitrogens with zero attached hydrogens (tertiary/aromatic N) is 3. The van der Waals surface area contributed by atoms with Crippen LogP contribution in [0.15, 0.2) is 12.1 Å². The number of nitrogens with one attached hydrogen (secondary N) is 1. The third-order valence-corrected chi connectivity index (χ3v) is 4.75. The van der Waals surface area contributed by atoms with Gasteiger partial charge in [-0.3, -0.25) is 5.10 Å². The first-order valence-corrected chi connectivity index (χ1v) is 7.45. The zero-order chi connectivity index (χ0) is 13.4. The average Bonchev–Trinajstić information content (AvgIpc) is 3.01. The van der Waals surface area contributed by atoms with Crippen LogP contribution in [0.2, 0.25) is 0 Å². The van der Waals surface area contributed by atoms with Crippen molar-refractivity contribution in [1.29, 1.82) is 0 Å². The van der Waals surface area contributed by atoms with Crippen LogP contribution in [0, 0.1) is 12.8 Å². The van der Waals surface area contributed by atoms with Crippen LogP contribution in [0.25, 0.3) is 10.7 Å². The summed E-state index contributed by atoms with van der Waals surface area (Å²) in [6.45, 7) is 6.12. The Labute approximate surface area is 116 Å². The number of piperidine rings is 1. The van der Waals surface area contributed by atoms with E-state index in [1.807, 2.05) is 0 Å². The van der Waals surface area contributed by atoms with Crippen molar-refractivity contribution in [1.82, 2.24) is 15.2 Å². The second-order valence-electron chi connectivity index (χ2n) is 5.27. The van der Waals surface area contributed by atoms with E-state index in [2.05, 4.69) is 46.1 Å². The van der Waals surface area contributed by atoms with Crippen molar-refractivity contribution in [2.75, 3.05) is 18.0 Å². The predicted octanol–water partition coefficient (Wildman–Crippen LogP) is 2.02. The Bertz CT molecular complexity index is 561. The Morgan fingerprint density at radius 1 is 1.47 bits per heavy atom. The van der Waals surface area contributed by atoms with Crippen LogP contribution in [-0.2, 0) is 0 Å². The van der Waals surface area contributed by atoms with Gasteiger partial charge in [0.2, 0.25) is 5.95 Å². The van der Waals surface area contributed by atoms with Gasteiger partial charge in [0.1, 0.15) is 0 Å². The maximum Gasteiger partial charge on any atom is 0.245 e. The van der Waals surface area contributed by atoms with E-state index in [4.69, 9.17) is 5.73 Å². The van der Waals surface area contributed by atoms with Gasteiger partial charge in [-0.2, -0.15) is 4.98 Å². The standard InChI is InChI=1S/C13H19N5S/c1-8-5-6-18(7-10(8)14)13-15-12(16-17-13)11-4-3-9(2)19-11/h3-4,8,10H,5-7,14H2,1-2H3,(H,15,16,17). The quantitative estimate of drug-likeness (QED) is 0.881. The van der Waals surface area contributed by atoms with E-state index in [-0.39, 0.29) is 6.04 Å². The van der Waals surface area contributed by atoms with Gasteiger partial charge in [-0.15, -0.1) is 16.4 Å². The van der Waals surface area contributed by atoms with Gasteiger partial charge in [-0.1, -0.05) is 6.92 Å². The summed E-state index contributed by atoms with van der Waals surface area (Å²) in [5, 5.41) is 7.35. The van der Waals surface area contributed by atoms with Crippen molar-refractivity contribution in [3.8, 4) is 10.7 Å². The molecule has 2 aromatic rings. The molecule has 0 aliphatic carbocycles. The Morgan fingerprint density at radius 2 is 2.32 bits per heavy atom. The van der Waals surface area contributed by atoms with Crippen molar-refractivity contribution in [3.05, 3.63) is 17.0 Å². The van der Waals surface area contributed by atoms with Gasteiger partial charge in [-0.25, -0.2) is 0 Å². The summed E-state index contributed by atoms with van der Waals surface area (Å²) in [5.41, 5.74) is 6.12. The summed E-state index contributed by atoms with van der Waals surface area (Å²) in [6.07, 6.45) is 1.10. The molecule has 3 N–H and O–H groups in total. The molecule has 0 amide bonds. The lowest BCUT2D eigenvalue weighted by Gasteiger charge is -2.34. The fourth-order valence-corrected chi connectivity index (χ4v) is 3.15. The van der Waals surface area contributed by atoms with Crippen molar-refractivity contribution in [2.24, 2.45) is 11.7 Å². The van der Waals surface area contributed by atoms with E-state index in [1.54, 1.807) is 11.3 Å². The fraction of sp³-hybridized carbons (Fsp3) is 0.538. The van der Waals surface area contributed by atoms with Crippen LogP contribution in [-0.4, -0.2) is 34.3 Å².